The minimum absolute atomic E-state index is 0.201. The molecule has 0 fully saturated rings. The maximum Gasteiger partial charge on any atom is 0.420 e. The monoisotopic (exact) mass is 480 g/mol. The predicted molar refractivity (Wildman–Crippen MR) is 133 cm³/mol. The number of oxazole rings is 1. The molecule has 0 aliphatic heterocycles. The highest BCUT2D eigenvalue weighted by Gasteiger charge is 2.26. The van der Waals surface area contributed by atoms with Crippen LogP contribution in [0.4, 0.5) is 0 Å². The zero-order valence-electron chi connectivity index (χ0n) is 19.3. The molecular weight excluding hydrogens is 456 g/mol. The van der Waals surface area contributed by atoms with E-state index in [4.69, 9.17) is 31.6 Å². The number of aromatic nitrogens is 2. The van der Waals surface area contributed by atoms with Crippen molar-refractivity contribution in [3.05, 3.63) is 68.8 Å². The van der Waals surface area contributed by atoms with Gasteiger partial charge in [-0.1, -0.05) is 23.7 Å². The number of pyridine rings is 1. The Hall–Kier alpha value is -3.49. The molecular formula is C25H25ClN4O4. The molecule has 0 aliphatic rings. The van der Waals surface area contributed by atoms with E-state index in [-0.39, 0.29) is 11.3 Å². The molecule has 1 unspecified atom stereocenters. The number of ether oxygens (including phenoxy) is 1. The first-order valence-electron chi connectivity index (χ1n) is 10.7. The second-order valence-corrected chi connectivity index (χ2v) is 8.71. The van der Waals surface area contributed by atoms with Gasteiger partial charge in [-0.2, -0.15) is 0 Å². The van der Waals surface area contributed by atoms with Crippen molar-refractivity contribution in [3.8, 4) is 5.75 Å². The van der Waals surface area contributed by atoms with E-state index in [0.717, 1.165) is 5.56 Å². The molecule has 34 heavy (non-hydrogen) atoms. The maximum atomic E-state index is 13.0. The summed E-state index contributed by atoms with van der Waals surface area (Å²) in [5.41, 5.74) is 3.42. The summed E-state index contributed by atoms with van der Waals surface area (Å²) in [5.74, 6) is -0.699. The fraction of sp³-hybridized carbons (Fsp3) is 0.280. The summed E-state index contributed by atoms with van der Waals surface area (Å²) >= 11 is 6.18. The zero-order valence-corrected chi connectivity index (χ0v) is 20.0. The van der Waals surface area contributed by atoms with Crippen LogP contribution in [0, 0.1) is 10.8 Å². The molecule has 8 nitrogen and oxygen atoms in total. The maximum absolute atomic E-state index is 13.0. The number of hydrogen-bond acceptors (Lipinski definition) is 7. The highest BCUT2D eigenvalue weighted by atomic mass is 35.5. The summed E-state index contributed by atoms with van der Waals surface area (Å²) in [6, 6.07) is 10.3. The van der Waals surface area contributed by atoms with Gasteiger partial charge in [0.05, 0.1) is 31.2 Å². The van der Waals surface area contributed by atoms with Crippen LogP contribution in [-0.4, -0.2) is 33.2 Å². The number of nitrogens with zero attached hydrogens (tertiary/aromatic N) is 2. The first kappa shape index (κ1) is 23.7. The van der Waals surface area contributed by atoms with Gasteiger partial charge in [0.1, 0.15) is 17.0 Å². The fourth-order valence-corrected chi connectivity index (χ4v) is 4.66. The summed E-state index contributed by atoms with van der Waals surface area (Å²) in [6.45, 7) is 4.72. The molecule has 2 aromatic carbocycles. The van der Waals surface area contributed by atoms with Gasteiger partial charge in [0.2, 0.25) is 0 Å². The molecule has 176 valence electrons. The number of aliphatic hydroxyl groups excluding tert-OH is 1. The summed E-state index contributed by atoms with van der Waals surface area (Å²) in [6.07, 6.45) is 0. The standard InChI is InChI=1S/C25H25ClN4O4/c1-12(27)22(13(2)28)18-9-19-17(10-21(18)33-4)23-24(20(11-31)29-19)34-25(32)30(23)14(3)15-6-5-7-16(26)8-15/h5-10,14,22,27-28,31H,11H2,1-4H3. The van der Waals surface area contributed by atoms with E-state index in [1.165, 1.54) is 11.7 Å². The summed E-state index contributed by atoms with van der Waals surface area (Å²) in [7, 11) is 1.52. The Morgan fingerprint density at radius 3 is 2.53 bits per heavy atom. The second-order valence-electron chi connectivity index (χ2n) is 8.27. The molecule has 0 saturated carbocycles. The topological polar surface area (TPSA) is 125 Å². The molecule has 4 aromatic rings. The number of hydrogen-bond donors (Lipinski definition) is 3. The van der Waals surface area contributed by atoms with Crippen LogP contribution in [0.3, 0.4) is 0 Å². The van der Waals surface area contributed by atoms with Crippen LogP contribution in [0.5, 0.6) is 5.75 Å². The van der Waals surface area contributed by atoms with Crippen LogP contribution in [-0.2, 0) is 6.61 Å². The minimum atomic E-state index is -0.585. The Bertz CT molecular complexity index is 1490. The van der Waals surface area contributed by atoms with Crippen LogP contribution in [0.15, 0.2) is 45.6 Å². The van der Waals surface area contributed by atoms with Gasteiger partial charge in [0.25, 0.3) is 0 Å². The lowest BCUT2D eigenvalue weighted by atomic mass is 9.89. The van der Waals surface area contributed by atoms with Crippen molar-refractivity contribution in [2.75, 3.05) is 7.11 Å². The van der Waals surface area contributed by atoms with E-state index in [9.17, 15) is 9.90 Å². The van der Waals surface area contributed by atoms with Crippen molar-refractivity contribution in [3.63, 3.8) is 0 Å². The average molecular weight is 481 g/mol. The number of aliphatic hydroxyl groups is 1. The Morgan fingerprint density at radius 1 is 1.24 bits per heavy atom. The number of nitrogens with one attached hydrogen (secondary N) is 2. The average Bonchev–Trinajstić information content (AvgIpc) is 3.14. The number of methoxy groups -OCH3 is 1. The van der Waals surface area contributed by atoms with Gasteiger partial charge in [-0.05, 0) is 50.6 Å². The van der Waals surface area contributed by atoms with Gasteiger partial charge in [-0.3, -0.25) is 4.57 Å². The van der Waals surface area contributed by atoms with Crippen molar-refractivity contribution < 1.29 is 14.3 Å². The molecule has 0 aliphatic carbocycles. The van der Waals surface area contributed by atoms with E-state index >= 15 is 0 Å². The van der Waals surface area contributed by atoms with Crippen LogP contribution in [0.25, 0.3) is 22.0 Å². The highest BCUT2D eigenvalue weighted by molar-refractivity contribution is 6.30. The molecule has 0 radical (unpaired) electrons. The van der Waals surface area contributed by atoms with Crippen LogP contribution < -0.4 is 10.5 Å². The van der Waals surface area contributed by atoms with Crippen molar-refractivity contribution in [2.45, 2.75) is 39.3 Å². The lowest BCUT2D eigenvalue weighted by Gasteiger charge is -2.20. The lowest BCUT2D eigenvalue weighted by molar-refractivity contribution is 0.277. The summed E-state index contributed by atoms with van der Waals surface area (Å²) in [5, 5.41) is 27.5. The van der Waals surface area contributed by atoms with E-state index in [1.807, 2.05) is 19.1 Å². The molecule has 0 bridgehead atoms. The van der Waals surface area contributed by atoms with Gasteiger partial charge in [-0.15, -0.1) is 0 Å². The Morgan fingerprint density at radius 2 is 1.94 bits per heavy atom. The van der Waals surface area contributed by atoms with Gasteiger partial charge in [0, 0.05) is 27.4 Å². The third-order valence-corrected chi connectivity index (χ3v) is 6.24. The SMILES string of the molecule is COc1cc2c(cc1C(C(C)=N)C(C)=N)nc(CO)c1oc(=O)n(C(C)c3cccc(Cl)c3)c12. The fourth-order valence-electron chi connectivity index (χ4n) is 4.46. The van der Waals surface area contributed by atoms with Gasteiger partial charge in [-0.25, -0.2) is 9.78 Å². The van der Waals surface area contributed by atoms with Crippen LogP contribution in [0.1, 0.15) is 49.6 Å². The number of benzene rings is 2. The van der Waals surface area contributed by atoms with Gasteiger partial charge in [0.15, 0.2) is 5.58 Å². The van der Waals surface area contributed by atoms with Crippen molar-refractivity contribution >= 4 is 45.0 Å². The molecule has 1 atom stereocenters. The van der Waals surface area contributed by atoms with E-state index in [0.29, 0.717) is 44.2 Å². The lowest BCUT2D eigenvalue weighted by Crippen LogP contribution is -2.19. The smallest absolute Gasteiger partial charge is 0.420 e. The molecule has 2 heterocycles. The molecule has 0 amide bonds. The largest absolute Gasteiger partial charge is 0.496 e. The Balaban J connectivity index is 2.10. The molecule has 0 saturated heterocycles. The highest BCUT2D eigenvalue weighted by Crippen LogP contribution is 2.37. The molecule has 0 spiro atoms. The molecule has 3 N–H and O–H groups in total. The van der Waals surface area contributed by atoms with Crippen LogP contribution >= 0.6 is 11.6 Å². The molecule has 4 rings (SSSR count). The minimum Gasteiger partial charge on any atom is -0.496 e. The quantitative estimate of drug-likeness (QED) is 0.318. The van der Waals surface area contributed by atoms with E-state index in [2.05, 4.69) is 4.98 Å². The van der Waals surface area contributed by atoms with Crippen molar-refractivity contribution in [1.29, 1.82) is 10.8 Å². The van der Waals surface area contributed by atoms with E-state index < -0.39 is 24.3 Å². The second kappa shape index (κ2) is 9.04. The van der Waals surface area contributed by atoms with Crippen molar-refractivity contribution in [2.24, 2.45) is 0 Å². The summed E-state index contributed by atoms with van der Waals surface area (Å²) in [4.78, 5) is 17.6. The Labute approximate surface area is 200 Å². The third-order valence-electron chi connectivity index (χ3n) is 6.01. The third kappa shape index (κ3) is 3.89. The number of fused-ring (bicyclic) bond motifs is 3. The zero-order chi connectivity index (χ0) is 24.7. The normalized spacial score (nSPS) is 13.2. The van der Waals surface area contributed by atoms with Crippen LogP contribution in [0.2, 0.25) is 5.02 Å². The first-order chi connectivity index (χ1) is 16.2. The Kier molecular flexibility index (Phi) is 6.29. The molecule has 9 heteroatoms. The molecule has 2 aromatic heterocycles. The van der Waals surface area contributed by atoms with Gasteiger partial charge < -0.3 is 25.1 Å². The van der Waals surface area contributed by atoms with Gasteiger partial charge >= 0.3 is 5.76 Å². The number of halogens is 1. The summed E-state index contributed by atoms with van der Waals surface area (Å²) < 4.78 is 12.7. The van der Waals surface area contributed by atoms with E-state index in [1.54, 1.807) is 38.1 Å². The number of rotatable bonds is 7. The first-order valence-corrected chi connectivity index (χ1v) is 11.1. The predicted octanol–water partition coefficient (Wildman–Crippen LogP) is 5.07. The van der Waals surface area contributed by atoms with Crippen molar-refractivity contribution in [1.82, 2.24) is 9.55 Å².